The maximum absolute atomic E-state index is 6.24. The Labute approximate surface area is 161 Å². The summed E-state index contributed by atoms with van der Waals surface area (Å²) < 4.78 is 10.8. The van der Waals surface area contributed by atoms with E-state index in [1.54, 1.807) is 26.4 Å². The SMILES string of the molecule is COc1cc2c(cc1OC)-c1[nH]nc(NCc3cc(Cl)ccc3Cl)c1C2. The number of aromatic amines is 1. The van der Waals surface area contributed by atoms with Gasteiger partial charge in [0.25, 0.3) is 0 Å². The summed E-state index contributed by atoms with van der Waals surface area (Å²) in [5.74, 6) is 2.24. The minimum atomic E-state index is 0.541. The average Bonchev–Trinajstić information content (AvgIpc) is 3.20. The van der Waals surface area contributed by atoms with Gasteiger partial charge in [0.15, 0.2) is 17.3 Å². The summed E-state index contributed by atoms with van der Waals surface area (Å²) in [4.78, 5) is 0. The third kappa shape index (κ3) is 2.87. The number of hydrogen-bond donors (Lipinski definition) is 2. The number of nitrogens with zero attached hydrogens (tertiary/aromatic N) is 1. The van der Waals surface area contributed by atoms with Gasteiger partial charge in [0.1, 0.15) is 0 Å². The van der Waals surface area contributed by atoms with Gasteiger partial charge in [0.05, 0.1) is 19.9 Å². The second-order valence-corrected chi connectivity index (χ2v) is 6.90. The molecule has 2 N–H and O–H groups in total. The molecule has 4 rings (SSSR count). The molecule has 0 unspecified atom stereocenters. The molecule has 1 aliphatic rings. The van der Waals surface area contributed by atoms with E-state index in [4.69, 9.17) is 32.7 Å². The number of hydrogen-bond acceptors (Lipinski definition) is 4. The summed E-state index contributed by atoms with van der Waals surface area (Å²) in [6, 6.07) is 9.42. The number of ether oxygens (including phenoxy) is 2. The fraction of sp³-hybridized carbons (Fsp3) is 0.211. The molecule has 26 heavy (non-hydrogen) atoms. The highest BCUT2D eigenvalue weighted by Gasteiger charge is 2.26. The Hall–Kier alpha value is -2.37. The van der Waals surface area contributed by atoms with Gasteiger partial charge in [0.2, 0.25) is 0 Å². The van der Waals surface area contributed by atoms with E-state index in [0.717, 1.165) is 40.4 Å². The molecule has 0 saturated heterocycles. The molecule has 2 aromatic carbocycles. The number of nitrogens with one attached hydrogen (secondary N) is 2. The monoisotopic (exact) mass is 389 g/mol. The van der Waals surface area contributed by atoms with Crippen LogP contribution in [0.5, 0.6) is 11.5 Å². The van der Waals surface area contributed by atoms with Crippen molar-refractivity contribution in [1.29, 1.82) is 0 Å². The minimum absolute atomic E-state index is 0.541. The molecule has 0 bridgehead atoms. The van der Waals surface area contributed by atoms with Gasteiger partial charge in [-0.05, 0) is 41.5 Å². The molecule has 0 amide bonds. The molecule has 0 aliphatic heterocycles. The molecular formula is C19H17Cl2N3O2. The summed E-state index contributed by atoms with van der Waals surface area (Å²) in [6.45, 7) is 0.541. The van der Waals surface area contributed by atoms with Gasteiger partial charge in [-0.15, -0.1) is 0 Å². The summed E-state index contributed by atoms with van der Waals surface area (Å²) in [7, 11) is 3.27. The molecule has 0 saturated carbocycles. The van der Waals surface area contributed by atoms with Crippen LogP contribution in [0, 0.1) is 0 Å². The standard InChI is InChI=1S/C19H17Cl2N3O2/c1-25-16-7-10-6-14-18(13(10)8-17(16)26-2)23-24-19(14)22-9-11-5-12(20)3-4-15(11)21/h3-5,7-8H,6,9H2,1-2H3,(H2,22,23,24). The number of methoxy groups -OCH3 is 2. The van der Waals surface area contributed by atoms with E-state index in [1.807, 2.05) is 18.2 Å². The highest BCUT2D eigenvalue weighted by atomic mass is 35.5. The molecule has 7 heteroatoms. The van der Waals surface area contributed by atoms with E-state index >= 15 is 0 Å². The van der Waals surface area contributed by atoms with Crippen LogP contribution in [0.3, 0.4) is 0 Å². The van der Waals surface area contributed by atoms with Crippen molar-refractivity contribution >= 4 is 29.0 Å². The van der Waals surface area contributed by atoms with Crippen LogP contribution < -0.4 is 14.8 Å². The second kappa shape index (κ2) is 6.74. The van der Waals surface area contributed by atoms with E-state index in [0.29, 0.717) is 22.3 Å². The fourth-order valence-electron chi connectivity index (χ4n) is 3.25. The first-order valence-corrected chi connectivity index (χ1v) is 8.86. The van der Waals surface area contributed by atoms with Crippen LogP contribution in [0.15, 0.2) is 30.3 Å². The zero-order valence-corrected chi connectivity index (χ0v) is 15.8. The van der Waals surface area contributed by atoms with Crippen molar-refractivity contribution < 1.29 is 9.47 Å². The van der Waals surface area contributed by atoms with E-state index < -0.39 is 0 Å². The van der Waals surface area contributed by atoms with Crippen LogP contribution in [0.4, 0.5) is 5.82 Å². The van der Waals surface area contributed by atoms with Crippen LogP contribution >= 0.6 is 23.2 Å². The average molecular weight is 390 g/mol. The first kappa shape index (κ1) is 17.1. The lowest BCUT2D eigenvalue weighted by Crippen LogP contribution is -2.02. The largest absolute Gasteiger partial charge is 0.493 e. The first-order valence-electron chi connectivity index (χ1n) is 8.11. The molecule has 1 aromatic heterocycles. The van der Waals surface area contributed by atoms with Crippen LogP contribution in [0.1, 0.15) is 16.7 Å². The van der Waals surface area contributed by atoms with Gasteiger partial charge in [-0.2, -0.15) is 5.10 Å². The van der Waals surface area contributed by atoms with Gasteiger partial charge in [-0.3, -0.25) is 5.10 Å². The Morgan fingerprint density at radius 2 is 1.88 bits per heavy atom. The summed E-state index contributed by atoms with van der Waals surface area (Å²) in [5, 5.41) is 12.2. The van der Waals surface area contributed by atoms with E-state index in [1.165, 1.54) is 5.56 Å². The fourth-order valence-corrected chi connectivity index (χ4v) is 3.63. The van der Waals surface area contributed by atoms with E-state index in [9.17, 15) is 0 Å². The normalized spacial score (nSPS) is 11.8. The Balaban J connectivity index is 1.61. The third-order valence-corrected chi connectivity index (χ3v) is 5.17. The Morgan fingerprint density at radius 1 is 1.12 bits per heavy atom. The van der Waals surface area contributed by atoms with Crippen molar-refractivity contribution in [2.75, 3.05) is 19.5 Å². The van der Waals surface area contributed by atoms with Crippen LogP contribution in [-0.4, -0.2) is 24.4 Å². The lowest BCUT2D eigenvalue weighted by atomic mass is 10.1. The topological polar surface area (TPSA) is 59.2 Å². The minimum Gasteiger partial charge on any atom is -0.493 e. The van der Waals surface area contributed by atoms with Crippen molar-refractivity contribution in [2.24, 2.45) is 0 Å². The van der Waals surface area contributed by atoms with Crippen molar-refractivity contribution in [3.05, 3.63) is 57.1 Å². The van der Waals surface area contributed by atoms with Crippen LogP contribution in [-0.2, 0) is 13.0 Å². The maximum Gasteiger partial charge on any atom is 0.161 e. The lowest BCUT2D eigenvalue weighted by molar-refractivity contribution is 0.355. The summed E-state index contributed by atoms with van der Waals surface area (Å²) >= 11 is 12.3. The molecule has 134 valence electrons. The van der Waals surface area contributed by atoms with Crippen molar-refractivity contribution in [1.82, 2.24) is 10.2 Å². The quantitative estimate of drug-likeness (QED) is 0.508. The number of aromatic nitrogens is 2. The second-order valence-electron chi connectivity index (χ2n) is 6.06. The maximum atomic E-state index is 6.24. The molecule has 0 atom stereocenters. The zero-order chi connectivity index (χ0) is 18.3. The molecule has 1 aliphatic carbocycles. The molecule has 3 aromatic rings. The Bertz CT molecular complexity index is 985. The first-order chi connectivity index (χ1) is 12.6. The lowest BCUT2D eigenvalue weighted by Gasteiger charge is -2.10. The smallest absolute Gasteiger partial charge is 0.161 e. The van der Waals surface area contributed by atoms with Gasteiger partial charge in [-0.1, -0.05) is 23.2 Å². The number of anilines is 1. The van der Waals surface area contributed by atoms with Gasteiger partial charge < -0.3 is 14.8 Å². The van der Waals surface area contributed by atoms with Crippen LogP contribution in [0.25, 0.3) is 11.3 Å². The number of H-pyrrole nitrogens is 1. The van der Waals surface area contributed by atoms with E-state index in [-0.39, 0.29) is 0 Å². The predicted molar refractivity (Wildman–Crippen MR) is 104 cm³/mol. The van der Waals surface area contributed by atoms with Crippen molar-refractivity contribution in [3.63, 3.8) is 0 Å². The molecule has 1 heterocycles. The molecule has 5 nitrogen and oxygen atoms in total. The van der Waals surface area contributed by atoms with Gasteiger partial charge in [-0.25, -0.2) is 0 Å². The number of rotatable bonds is 5. The Morgan fingerprint density at radius 3 is 2.65 bits per heavy atom. The number of halogens is 2. The van der Waals surface area contributed by atoms with Crippen molar-refractivity contribution in [2.45, 2.75) is 13.0 Å². The summed E-state index contributed by atoms with van der Waals surface area (Å²) in [5.41, 5.74) is 5.30. The van der Waals surface area contributed by atoms with Crippen molar-refractivity contribution in [3.8, 4) is 22.8 Å². The van der Waals surface area contributed by atoms with Gasteiger partial charge in [0, 0.05) is 34.1 Å². The number of benzene rings is 2. The number of fused-ring (bicyclic) bond motifs is 3. The van der Waals surface area contributed by atoms with Crippen LogP contribution in [0.2, 0.25) is 10.0 Å². The summed E-state index contributed by atoms with van der Waals surface area (Å²) in [6.07, 6.45) is 0.771. The molecule has 0 fully saturated rings. The molecule has 0 spiro atoms. The Kier molecular flexibility index (Phi) is 4.42. The highest BCUT2D eigenvalue weighted by molar-refractivity contribution is 6.33. The highest BCUT2D eigenvalue weighted by Crippen LogP contribution is 2.44. The third-order valence-electron chi connectivity index (χ3n) is 4.57. The van der Waals surface area contributed by atoms with Gasteiger partial charge >= 0.3 is 0 Å². The molecule has 0 radical (unpaired) electrons. The van der Waals surface area contributed by atoms with E-state index in [2.05, 4.69) is 15.5 Å². The predicted octanol–water partition coefficient (Wildman–Crippen LogP) is 4.92. The molecular weight excluding hydrogens is 373 g/mol. The zero-order valence-electron chi connectivity index (χ0n) is 14.3.